The molecule has 2 rings (SSSR count). The van der Waals surface area contributed by atoms with Crippen LogP contribution in [0.3, 0.4) is 0 Å². The zero-order valence-electron chi connectivity index (χ0n) is 15.5. The minimum Gasteiger partial charge on any atom is -0.382 e. The van der Waals surface area contributed by atoms with Gasteiger partial charge >= 0.3 is 0 Å². The summed E-state index contributed by atoms with van der Waals surface area (Å²) in [6, 6.07) is 10.7. The fourth-order valence-electron chi connectivity index (χ4n) is 2.47. The summed E-state index contributed by atoms with van der Waals surface area (Å²) in [7, 11) is 0. The van der Waals surface area contributed by atoms with E-state index in [1.807, 2.05) is 25.1 Å². The Bertz CT molecular complexity index is 736. The number of carbonyl (C=O) groups excluding carboxylic acids is 2. The molecule has 1 heterocycles. The van der Waals surface area contributed by atoms with Crippen molar-refractivity contribution in [2.45, 2.75) is 25.6 Å². The summed E-state index contributed by atoms with van der Waals surface area (Å²) in [6.07, 6.45) is 0.605. The van der Waals surface area contributed by atoms with Gasteiger partial charge in [0.2, 0.25) is 11.8 Å². The number of hydrogen-bond donors (Lipinski definition) is 1. The molecule has 7 nitrogen and oxygen atoms in total. The van der Waals surface area contributed by atoms with E-state index in [1.54, 1.807) is 25.1 Å². The normalized spacial score (nSPS) is 11.8. The molecule has 0 bridgehead atoms. The number of alkyl halides is 1. The molecule has 0 fully saturated rings. The van der Waals surface area contributed by atoms with Crippen molar-refractivity contribution in [2.24, 2.45) is 0 Å². The molecule has 0 aliphatic carbocycles. The number of nitrogens with one attached hydrogen (secondary N) is 1. The Morgan fingerprint density at radius 2 is 2.07 bits per heavy atom. The number of aryl methyl sites for hydroxylation is 1. The highest BCUT2D eigenvalue weighted by Crippen LogP contribution is 2.23. The van der Waals surface area contributed by atoms with E-state index in [0.717, 1.165) is 0 Å². The van der Waals surface area contributed by atoms with Crippen molar-refractivity contribution in [3.05, 3.63) is 47.7 Å². The summed E-state index contributed by atoms with van der Waals surface area (Å²) in [5, 5.41) is 5.48. The van der Waals surface area contributed by atoms with E-state index in [9.17, 15) is 9.59 Å². The van der Waals surface area contributed by atoms with Gasteiger partial charge < -0.3 is 19.5 Å². The van der Waals surface area contributed by atoms with Crippen LogP contribution >= 0.6 is 11.6 Å². The molecule has 0 radical (unpaired) electrons. The van der Waals surface area contributed by atoms with Crippen LogP contribution in [-0.4, -0.2) is 48.2 Å². The molecule has 8 heteroatoms. The molecule has 0 saturated carbocycles. The molecule has 0 aliphatic rings. The van der Waals surface area contributed by atoms with E-state index < -0.39 is 5.38 Å². The molecule has 1 aromatic carbocycles. The second-order valence-corrected chi connectivity index (χ2v) is 6.39. The van der Waals surface area contributed by atoms with E-state index in [-0.39, 0.29) is 18.4 Å². The Hall–Kier alpha value is -2.38. The molecular weight excluding hydrogens is 370 g/mol. The van der Waals surface area contributed by atoms with Crippen molar-refractivity contribution in [1.82, 2.24) is 10.1 Å². The Balaban J connectivity index is 2.02. The minimum atomic E-state index is -0.861. The summed E-state index contributed by atoms with van der Waals surface area (Å²) in [6.45, 7) is 4.96. The molecule has 1 aromatic heterocycles. The van der Waals surface area contributed by atoms with Gasteiger partial charge in [-0.25, -0.2) is 0 Å². The summed E-state index contributed by atoms with van der Waals surface area (Å²) in [5.74, 6) is 0.195. The van der Waals surface area contributed by atoms with Gasteiger partial charge in [0.05, 0.1) is 6.54 Å². The number of amides is 2. The van der Waals surface area contributed by atoms with Crippen molar-refractivity contribution >= 4 is 29.2 Å². The second-order valence-electron chi connectivity index (χ2n) is 5.95. The smallest absolute Gasteiger partial charge is 0.245 e. The highest BCUT2D eigenvalue weighted by molar-refractivity contribution is 6.30. The van der Waals surface area contributed by atoms with Crippen LogP contribution in [0, 0.1) is 6.92 Å². The maximum Gasteiger partial charge on any atom is 0.245 e. The van der Waals surface area contributed by atoms with Crippen molar-refractivity contribution in [1.29, 1.82) is 0 Å². The summed E-state index contributed by atoms with van der Waals surface area (Å²) >= 11 is 6.36. The Kier molecular flexibility index (Phi) is 8.29. The Morgan fingerprint density at radius 1 is 1.33 bits per heavy atom. The summed E-state index contributed by atoms with van der Waals surface area (Å²) in [4.78, 5) is 26.6. The van der Waals surface area contributed by atoms with Crippen molar-refractivity contribution in [2.75, 3.05) is 31.6 Å². The second kappa shape index (κ2) is 10.7. The summed E-state index contributed by atoms with van der Waals surface area (Å²) < 4.78 is 10.2. The number of nitrogens with zero attached hydrogens (tertiary/aromatic N) is 2. The largest absolute Gasteiger partial charge is 0.382 e. The first-order chi connectivity index (χ1) is 13.0. The maximum atomic E-state index is 12.8. The average Bonchev–Trinajstić information content (AvgIpc) is 3.08. The van der Waals surface area contributed by atoms with Gasteiger partial charge in [0.15, 0.2) is 5.82 Å². The molecule has 0 aliphatic heterocycles. The Morgan fingerprint density at radius 3 is 2.70 bits per heavy atom. The monoisotopic (exact) mass is 393 g/mol. The van der Waals surface area contributed by atoms with Gasteiger partial charge in [-0.2, -0.15) is 0 Å². The van der Waals surface area contributed by atoms with E-state index in [4.69, 9.17) is 20.9 Å². The molecule has 1 unspecified atom stereocenters. The third-order valence-corrected chi connectivity index (χ3v) is 4.21. The van der Waals surface area contributed by atoms with Crippen LogP contribution in [0.15, 0.2) is 40.9 Å². The molecule has 2 amide bonds. The molecule has 0 saturated heterocycles. The van der Waals surface area contributed by atoms with Crippen molar-refractivity contribution < 1.29 is 18.8 Å². The van der Waals surface area contributed by atoms with Gasteiger partial charge in [-0.3, -0.25) is 9.59 Å². The number of ether oxygens (including phenoxy) is 1. The average molecular weight is 394 g/mol. The van der Waals surface area contributed by atoms with Crippen LogP contribution in [0.5, 0.6) is 0 Å². The van der Waals surface area contributed by atoms with Gasteiger partial charge in [-0.05, 0) is 25.8 Å². The molecule has 1 atom stereocenters. The number of hydrogen-bond acceptors (Lipinski definition) is 5. The fraction of sp³-hybridized carbons (Fsp3) is 0.421. The van der Waals surface area contributed by atoms with Crippen LogP contribution in [0.2, 0.25) is 0 Å². The van der Waals surface area contributed by atoms with Gasteiger partial charge in [-0.15, -0.1) is 11.6 Å². The standard InChI is InChI=1S/C19H24ClN3O4/c1-3-26-11-7-10-23(13-17(24)21-16-12-14(2)27-22-16)19(25)18(20)15-8-5-4-6-9-15/h4-6,8-9,12,18H,3,7,10-11,13H2,1-2H3,(H,21,22,24). The topological polar surface area (TPSA) is 84.7 Å². The highest BCUT2D eigenvalue weighted by atomic mass is 35.5. The lowest BCUT2D eigenvalue weighted by Gasteiger charge is -2.24. The quantitative estimate of drug-likeness (QED) is 0.495. The number of rotatable bonds is 10. The third kappa shape index (κ3) is 6.69. The lowest BCUT2D eigenvalue weighted by molar-refractivity contribution is -0.134. The number of benzene rings is 1. The highest BCUT2D eigenvalue weighted by Gasteiger charge is 2.25. The maximum absolute atomic E-state index is 12.8. The zero-order chi connectivity index (χ0) is 19.6. The number of aromatic nitrogens is 1. The molecule has 2 aromatic rings. The molecule has 1 N–H and O–H groups in total. The van der Waals surface area contributed by atoms with Crippen LogP contribution in [0.1, 0.15) is 30.0 Å². The number of halogens is 1. The fourth-order valence-corrected chi connectivity index (χ4v) is 2.76. The Labute approximate surface area is 163 Å². The molecular formula is C19H24ClN3O4. The van der Waals surface area contributed by atoms with Gasteiger partial charge in [0.25, 0.3) is 0 Å². The van der Waals surface area contributed by atoms with Crippen molar-refractivity contribution in [3.8, 4) is 0 Å². The minimum absolute atomic E-state index is 0.132. The lowest BCUT2D eigenvalue weighted by atomic mass is 10.1. The number of carbonyl (C=O) groups is 2. The third-order valence-electron chi connectivity index (χ3n) is 3.77. The SMILES string of the molecule is CCOCCCN(CC(=O)Nc1cc(C)on1)C(=O)C(Cl)c1ccccc1. The zero-order valence-corrected chi connectivity index (χ0v) is 16.2. The van der Waals surface area contributed by atoms with Gasteiger partial charge in [0, 0.05) is 25.8 Å². The first-order valence-corrected chi connectivity index (χ1v) is 9.23. The molecule has 146 valence electrons. The van der Waals surface area contributed by atoms with E-state index in [1.165, 1.54) is 4.90 Å². The van der Waals surface area contributed by atoms with Crippen LogP contribution < -0.4 is 5.32 Å². The first-order valence-electron chi connectivity index (χ1n) is 8.80. The van der Waals surface area contributed by atoms with Crippen molar-refractivity contribution in [3.63, 3.8) is 0 Å². The molecule has 27 heavy (non-hydrogen) atoms. The lowest BCUT2D eigenvalue weighted by Crippen LogP contribution is -2.40. The first kappa shape index (κ1) is 20.9. The van der Waals surface area contributed by atoms with Crippen LogP contribution in [-0.2, 0) is 14.3 Å². The number of anilines is 1. The predicted octanol–water partition coefficient (Wildman–Crippen LogP) is 3.16. The summed E-state index contributed by atoms with van der Waals surface area (Å²) in [5.41, 5.74) is 0.687. The predicted molar refractivity (Wildman–Crippen MR) is 103 cm³/mol. The van der Waals surface area contributed by atoms with Crippen LogP contribution in [0.4, 0.5) is 5.82 Å². The van der Waals surface area contributed by atoms with Gasteiger partial charge in [0.1, 0.15) is 11.1 Å². The van der Waals surface area contributed by atoms with Gasteiger partial charge in [-0.1, -0.05) is 35.5 Å². The van der Waals surface area contributed by atoms with E-state index in [2.05, 4.69) is 10.5 Å². The van der Waals surface area contributed by atoms with E-state index in [0.29, 0.717) is 43.3 Å². The van der Waals surface area contributed by atoms with Crippen LogP contribution in [0.25, 0.3) is 0 Å². The molecule has 0 spiro atoms. The van der Waals surface area contributed by atoms with E-state index >= 15 is 0 Å².